The second kappa shape index (κ2) is 8.91. The summed E-state index contributed by atoms with van der Waals surface area (Å²) in [6.07, 6.45) is 2.73. The third-order valence-corrected chi connectivity index (χ3v) is 4.89. The third-order valence-electron chi connectivity index (χ3n) is 4.89. The molecular formula is C21H28FN5O. The summed E-state index contributed by atoms with van der Waals surface area (Å²) in [5.41, 5.74) is 2.46. The Morgan fingerprint density at radius 1 is 1.11 bits per heavy atom. The van der Waals surface area contributed by atoms with Crippen molar-refractivity contribution in [1.82, 2.24) is 9.88 Å². The molecule has 0 saturated carbocycles. The van der Waals surface area contributed by atoms with Gasteiger partial charge >= 0.3 is 0 Å². The van der Waals surface area contributed by atoms with Gasteiger partial charge in [-0.15, -0.1) is 0 Å². The summed E-state index contributed by atoms with van der Waals surface area (Å²) in [7, 11) is 3.52. The quantitative estimate of drug-likeness (QED) is 0.828. The molecule has 0 radical (unpaired) electrons. The number of halogens is 1. The molecule has 6 nitrogen and oxygen atoms in total. The molecule has 2 heterocycles. The van der Waals surface area contributed by atoms with E-state index < -0.39 is 0 Å². The molecule has 1 aliphatic heterocycles. The predicted molar refractivity (Wildman–Crippen MR) is 112 cm³/mol. The first-order chi connectivity index (χ1) is 13.5. The number of pyridine rings is 1. The van der Waals surface area contributed by atoms with Gasteiger partial charge in [0.1, 0.15) is 17.2 Å². The number of aromatic nitrogens is 1. The van der Waals surface area contributed by atoms with E-state index in [1.54, 1.807) is 37.3 Å². The molecule has 1 aliphatic rings. The number of anilines is 3. The first kappa shape index (κ1) is 19.9. The minimum absolute atomic E-state index is 0.0531. The van der Waals surface area contributed by atoms with Crippen molar-refractivity contribution in [1.29, 1.82) is 0 Å². The average molecular weight is 385 g/mol. The van der Waals surface area contributed by atoms with Gasteiger partial charge in [0.05, 0.1) is 5.69 Å². The number of hydrogen-bond acceptors (Lipinski definition) is 5. The van der Waals surface area contributed by atoms with Crippen LogP contribution in [0.3, 0.4) is 0 Å². The normalized spacial score (nSPS) is 14.1. The van der Waals surface area contributed by atoms with E-state index in [4.69, 9.17) is 0 Å². The molecule has 0 atom stereocenters. The largest absolute Gasteiger partial charge is 0.384 e. The molecular weight excluding hydrogens is 357 g/mol. The van der Waals surface area contributed by atoms with Gasteiger partial charge in [-0.2, -0.15) is 0 Å². The van der Waals surface area contributed by atoms with Crippen LogP contribution in [-0.4, -0.2) is 62.6 Å². The summed E-state index contributed by atoms with van der Waals surface area (Å²) in [6.45, 7) is 5.96. The van der Waals surface area contributed by atoms with Crippen LogP contribution in [0, 0.1) is 5.82 Å². The van der Waals surface area contributed by atoms with Crippen LogP contribution in [0.5, 0.6) is 0 Å². The van der Waals surface area contributed by atoms with Crippen LogP contribution in [0.2, 0.25) is 0 Å². The second-order valence-electron chi connectivity index (χ2n) is 7.13. The first-order valence-electron chi connectivity index (χ1n) is 9.71. The summed E-state index contributed by atoms with van der Waals surface area (Å²) in [4.78, 5) is 23.4. The highest BCUT2D eigenvalue weighted by Gasteiger charge is 2.26. The highest BCUT2D eigenvalue weighted by molar-refractivity contribution is 6.04. The lowest BCUT2D eigenvalue weighted by Crippen LogP contribution is -2.47. The average Bonchev–Trinajstić information content (AvgIpc) is 2.72. The van der Waals surface area contributed by atoms with Gasteiger partial charge < -0.3 is 20.0 Å². The minimum atomic E-state index is -0.227. The van der Waals surface area contributed by atoms with Crippen LogP contribution >= 0.6 is 0 Å². The van der Waals surface area contributed by atoms with Crippen LogP contribution in [0.25, 0.3) is 0 Å². The number of rotatable bonds is 6. The van der Waals surface area contributed by atoms with E-state index in [0.717, 1.165) is 56.3 Å². The van der Waals surface area contributed by atoms with Crippen molar-refractivity contribution in [3.8, 4) is 0 Å². The van der Waals surface area contributed by atoms with Gasteiger partial charge in [-0.05, 0) is 36.8 Å². The Kier molecular flexibility index (Phi) is 6.34. The lowest BCUT2D eigenvalue weighted by Gasteiger charge is -2.37. The molecule has 1 aromatic heterocycles. The number of benzene rings is 1. The molecule has 28 heavy (non-hydrogen) atoms. The number of nitrogens with zero attached hydrogens (tertiary/aromatic N) is 4. The number of carbonyl (C=O) groups excluding carboxylic acids is 1. The maximum Gasteiger partial charge on any atom is 0.259 e. The van der Waals surface area contributed by atoms with E-state index in [1.807, 2.05) is 6.07 Å². The van der Waals surface area contributed by atoms with Crippen molar-refractivity contribution < 1.29 is 9.18 Å². The topological polar surface area (TPSA) is 51.7 Å². The molecule has 0 bridgehead atoms. The van der Waals surface area contributed by atoms with Crippen molar-refractivity contribution in [3.63, 3.8) is 0 Å². The summed E-state index contributed by atoms with van der Waals surface area (Å²) in [5, 5.41) is 3.36. The van der Waals surface area contributed by atoms with Gasteiger partial charge in [-0.25, -0.2) is 9.37 Å². The molecule has 150 valence electrons. The van der Waals surface area contributed by atoms with Gasteiger partial charge in [0.2, 0.25) is 0 Å². The van der Waals surface area contributed by atoms with E-state index in [-0.39, 0.29) is 11.7 Å². The van der Waals surface area contributed by atoms with Crippen molar-refractivity contribution in [3.05, 3.63) is 47.9 Å². The molecule has 0 spiro atoms. The third kappa shape index (κ3) is 4.35. The number of carbonyl (C=O) groups is 1. The van der Waals surface area contributed by atoms with Gasteiger partial charge in [-0.1, -0.05) is 6.92 Å². The van der Waals surface area contributed by atoms with Crippen LogP contribution < -0.4 is 15.1 Å². The summed E-state index contributed by atoms with van der Waals surface area (Å²) in [5.74, 6) is 0.441. The van der Waals surface area contributed by atoms with E-state index in [9.17, 15) is 9.18 Å². The standard InChI is InChI=1S/C21H28FN5O/c1-4-10-23-18-9-11-24-20(19(18)21(28)25(2)3)27-14-12-26(13-15-27)17-7-5-16(22)6-8-17/h5-9,11H,4,10,12-15H2,1-3H3,(H,23,24). The molecule has 1 aromatic carbocycles. The SMILES string of the molecule is CCCNc1ccnc(N2CCN(c3ccc(F)cc3)CC2)c1C(=O)N(C)C. The number of nitrogens with one attached hydrogen (secondary N) is 1. The number of amides is 1. The molecule has 3 rings (SSSR count). The smallest absolute Gasteiger partial charge is 0.259 e. The van der Waals surface area contributed by atoms with Crippen LogP contribution in [0.4, 0.5) is 21.6 Å². The lowest BCUT2D eigenvalue weighted by molar-refractivity contribution is 0.0828. The molecule has 1 N–H and O–H groups in total. The maximum absolute atomic E-state index is 13.2. The Balaban J connectivity index is 1.81. The van der Waals surface area contributed by atoms with Crippen LogP contribution in [-0.2, 0) is 0 Å². The van der Waals surface area contributed by atoms with Crippen molar-refractivity contribution in [2.75, 3.05) is 61.9 Å². The van der Waals surface area contributed by atoms with Gasteiger partial charge in [0.15, 0.2) is 0 Å². The first-order valence-corrected chi connectivity index (χ1v) is 9.71. The molecule has 0 unspecified atom stereocenters. The minimum Gasteiger partial charge on any atom is -0.384 e. The molecule has 2 aromatic rings. The molecule has 7 heteroatoms. The Hall–Kier alpha value is -2.83. The van der Waals surface area contributed by atoms with E-state index in [0.29, 0.717) is 5.56 Å². The fourth-order valence-corrected chi connectivity index (χ4v) is 3.36. The molecule has 1 amide bonds. The van der Waals surface area contributed by atoms with Gasteiger partial charge in [0, 0.05) is 58.7 Å². The van der Waals surface area contributed by atoms with E-state index >= 15 is 0 Å². The van der Waals surface area contributed by atoms with Gasteiger partial charge in [0.25, 0.3) is 5.91 Å². The fraction of sp³-hybridized carbons (Fsp3) is 0.429. The summed E-state index contributed by atoms with van der Waals surface area (Å²) < 4.78 is 13.2. The Morgan fingerprint density at radius 3 is 2.36 bits per heavy atom. The number of piperazine rings is 1. The Labute approximate surface area is 166 Å². The summed E-state index contributed by atoms with van der Waals surface area (Å²) in [6, 6.07) is 8.45. The molecule has 1 fully saturated rings. The van der Waals surface area contributed by atoms with Crippen molar-refractivity contribution in [2.24, 2.45) is 0 Å². The van der Waals surface area contributed by atoms with Crippen molar-refractivity contribution in [2.45, 2.75) is 13.3 Å². The highest BCUT2D eigenvalue weighted by Crippen LogP contribution is 2.28. The zero-order chi connectivity index (χ0) is 20.1. The maximum atomic E-state index is 13.2. The molecule has 0 aliphatic carbocycles. The van der Waals surface area contributed by atoms with Crippen molar-refractivity contribution >= 4 is 23.1 Å². The van der Waals surface area contributed by atoms with Crippen LogP contribution in [0.1, 0.15) is 23.7 Å². The number of hydrogen-bond donors (Lipinski definition) is 1. The van der Waals surface area contributed by atoms with E-state index in [1.165, 1.54) is 12.1 Å². The zero-order valence-corrected chi connectivity index (χ0v) is 16.8. The predicted octanol–water partition coefficient (Wildman–Crippen LogP) is 3.07. The Bertz CT molecular complexity index is 801. The van der Waals surface area contributed by atoms with Crippen LogP contribution in [0.15, 0.2) is 36.5 Å². The monoisotopic (exact) mass is 385 g/mol. The summed E-state index contributed by atoms with van der Waals surface area (Å²) >= 11 is 0. The highest BCUT2D eigenvalue weighted by atomic mass is 19.1. The zero-order valence-electron chi connectivity index (χ0n) is 16.8. The fourth-order valence-electron chi connectivity index (χ4n) is 3.36. The van der Waals surface area contributed by atoms with E-state index in [2.05, 4.69) is 27.0 Å². The molecule has 1 saturated heterocycles. The van der Waals surface area contributed by atoms with Gasteiger partial charge in [-0.3, -0.25) is 4.79 Å². The Morgan fingerprint density at radius 2 is 1.75 bits per heavy atom. The lowest BCUT2D eigenvalue weighted by atomic mass is 10.1. The second-order valence-corrected chi connectivity index (χ2v) is 7.13.